The molecule has 24 heavy (non-hydrogen) atoms. The molecule has 8 nitrogen and oxygen atoms in total. The summed E-state index contributed by atoms with van der Waals surface area (Å²) in [6.07, 6.45) is 0. The van der Waals surface area contributed by atoms with Crippen molar-refractivity contribution < 1.29 is 0 Å². The third-order valence-electron chi connectivity index (χ3n) is 4.37. The Morgan fingerprint density at radius 1 is 1.29 bits per heavy atom. The van der Waals surface area contributed by atoms with Gasteiger partial charge in [-0.05, 0) is 32.0 Å². The lowest BCUT2D eigenvalue weighted by Crippen LogP contribution is -2.49. The van der Waals surface area contributed by atoms with Crippen molar-refractivity contribution in [2.24, 2.45) is 0 Å². The van der Waals surface area contributed by atoms with Crippen LogP contribution in [-0.2, 0) is 0 Å². The molecule has 1 aliphatic rings. The lowest BCUT2D eigenvalue weighted by Gasteiger charge is -2.32. The van der Waals surface area contributed by atoms with E-state index in [1.807, 2.05) is 25.1 Å². The lowest BCUT2D eigenvalue weighted by molar-refractivity contribution is 0.482. The lowest BCUT2D eigenvalue weighted by atomic mass is 10.1. The number of hydrogen-bond donors (Lipinski definition) is 3. The van der Waals surface area contributed by atoms with Crippen LogP contribution in [-0.4, -0.2) is 51.1 Å². The molecule has 3 heterocycles. The molecule has 1 aliphatic heterocycles. The van der Waals surface area contributed by atoms with Gasteiger partial charge >= 0.3 is 0 Å². The van der Waals surface area contributed by atoms with E-state index in [1.54, 1.807) is 0 Å². The molecule has 0 saturated carbocycles. The van der Waals surface area contributed by atoms with Gasteiger partial charge in [0.25, 0.3) is 0 Å². The van der Waals surface area contributed by atoms with E-state index >= 15 is 0 Å². The molecule has 1 aromatic carbocycles. The van der Waals surface area contributed by atoms with E-state index < -0.39 is 0 Å². The second-order valence-electron chi connectivity index (χ2n) is 6.21. The molecular formula is C16H20N8. The number of nitrogens with two attached hydrogens (primary N) is 1. The molecule has 2 aromatic heterocycles. The van der Waals surface area contributed by atoms with Gasteiger partial charge in [0.15, 0.2) is 17.5 Å². The summed E-state index contributed by atoms with van der Waals surface area (Å²) in [4.78, 5) is 6.85. The van der Waals surface area contributed by atoms with Gasteiger partial charge in [0.1, 0.15) is 0 Å². The zero-order chi connectivity index (χ0) is 16.7. The topological polar surface area (TPSA) is 109 Å². The minimum absolute atomic E-state index is 0.369. The molecule has 0 radical (unpaired) electrons. The van der Waals surface area contributed by atoms with Crippen LogP contribution in [0.2, 0.25) is 0 Å². The highest BCUT2D eigenvalue weighted by molar-refractivity contribution is 5.85. The van der Waals surface area contributed by atoms with E-state index in [0.29, 0.717) is 23.5 Å². The number of nitrogens with one attached hydrogen (secondary N) is 2. The van der Waals surface area contributed by atoms with Crippen molar-refractivity contribution in [3.05, 3.63) is 23.9 Å². The van der Waals surface area contributed by atoms with Crippen LogP contribution in [0.25, 0.3) is 22.3 Å². The minimum Gasteiger partial charge on any atom is -0.379 e. The van der Waals surface area contributed by atoms with E-state index in [9.17, 15) is 0 Å². The third kappa shape index (κ3) is 2.54. The largest absolute Gasteiger partial charge is 0.379 e. The Morgan fingerprint density at radius 2 is 2.17 bits per heavy atom. The van der Waals surface area contributed by atoms with Gasteiger partial charge in [0.2, 0.25) is 0 Å². The first kappa shape index (κ1) is 14.8. The van der Waals surface area contributed by atoms with Crippen LogP contribution < -0.4 is 16.0 Å². The van der Waals surface area contributed by atoms with Gasteiger partial charge in [-0.3, -0.25) is 5.10 Å². The Hall–Kier alpha value is -2.74. The fraction of sp³-hybridized carbons (Fsp3) is 0.375. The molecule has 0 spiro atoms. The highest BCUT2D eigenvalue weighted by Crippen LogP contribution is 2.26. The van der Waals surface area contributed by atoms with Crippen LogP contribution in [0.4, 0.5) is 11.6 Å². The SMILES string of the molecule is Cc1n[nH]c2ccc(-c3nnc(N)c(N4CCN[C@H](C)C4)n3)cc12. The predicted octanol–water partition coefficient (Wildman–Crippen LogP) is 1.10. The Kier molecular flexibility index (Phi) is 3.53. The standard InChI is InChI=1S/C16H20N8/c1-9-8-24(6-5-18-9)16-14(17)22-23-15(19-16)11-3-4-13-12(7-11)10(2)20-21-13/h3-4,7,9,18H,5-6,8H2,1-2H3,(H2,17,22)(H,20,21)/t9-/m1/s1. The molecule has 3 aromatic rings. The highest BCUT2D eigenvalue weighted by Gasteiger charge is 2.21. The van der Waals surface area contributed by atoms with Crippen LogP contribution in [0, 0.1) is 6.92 Å². The second kappa shape index (κ2) is 5.72. The number of aromatic nitrogens is 5. The Labute approximate surface area is 139 Å². The maximum absolute atomic E-state index is 6.03. The fourth-order valence-corrected chi connectivity index (χ4v) is 3.09. The van der Waals surface area contributed by atoms with E-state index in [0.717, 1.165) is 41.8 Å². The van der Waals surface area contributed by atoms with Crippen LogP contribution in [0.1, 0.15) is 12.6 Å². The number of rotatable bonds is 2. The van der Waals surface area contributed by atoms with Crippen molar-refractivity contribution >= 4 is 22.5 Å². The Bertz CT molecular complexity index is 887. The molecule has 1 atom stereocenters. The number of fused-ring (bicyclic) bond motifs is 1. The summed E-state index contributed by atoms with van der Waals surface area (Å²) in [6, 6.07) is 6.38. The highest BCUT2D eigenvalue weighted by atomic mass is 15.3. The van der Waals surface area contributed by atoms with E-state index in [4.69, 9.17) is 10.7 Å². The van der Waals surface area contributed by atoms with Gasteiger partial charge in [0, 0.05) is 36.6 Å². The average molecular weight is 324 g/mol. The first-order valence-electron chi connectivity index (χ1n) is 8.05. The third-order valence-corrected chi connectivity index (χ3v) is 4.37. The van der Waals surface area contributed by atoms with Crippen molar-refractivity contribution in [2.45, 2.75) is 19.9 Å². The summed E-state index contributed by atoms with van der Waals surface area (Å²) in [5.74, 6) is 1.65. The molecule has 8 heteroatoms. The summed E-state index contributed by atoms with van der Waals surface area (Å²) in [7, 11) is 0. The van der Waals surface area contributed by atoms with Crippen molar-refractivity contribution in [1.29, 1.82) is 0 Å². The molecule has 0 amide bonds. The van der Waals surface area contributed by atoms with Gasteiger partial charge in [-0.25, -0.2) is 4.98 Å². The van der Waals surface area contributed by atoms with Crippen molar-refractivity contribution in [1.82, 2.24) is 30.7 Å². The number of nitrogen functional groups attached to an aromatic ring is 1. The summed E-state index contributed by atoms with van der Waals surface area (Å²) in [6.45, 7) is 6.72. The first-order valence-corrected chi connectivity index (χ1v) is 8.05. The molecular weight excluding hydrogens is 304 g/mol. The van der Waals surface area contributed by atoms with Crippen molar-refractivity contribution in [3.63, 3.8) is 0 Å². The van der Waals surface area contributed by atoms with E-state index in [1.165, 1.54) is 0 Å². The van der Waals surface area contributed by atoms with E-state index in [-0.39, 0.29) is 0 Å². The maximum atomic E-state index is 6.03. The van der Waals surface area contributed by atoms with Crippen LogP contribution in [0.15, 0.2) is 18.2 Å². The molecule has 0 unspecified atom stereocenters. The smallest absolute Gasteiger partial charge is 0.189 e. The number of hydrogen-bond acceptors (Lipinski definition) is 7. The summed E-state index contributed by atoms with van der Waals surface area (Å²) >= 11 is 0. The fourth-order valence-electron chi connectivity index (χ4n) is 3.09. The second-order valence-corrected chi connectivity index (χ2v) is 6.21. The number of anilines is 2. The zero-order valence-electron chi connectivity index (χ0n) is 13.7. The van der Waals surface area contributed by atoms with Gasteiger partial charge in [0.05, 0.1) is 11.2 Å². The first-order chi connectivity index (χ1) is 11.6. The van der Waals surface area contributed by atoms with Crippen LogP contribution in [0.3, 0.4) is 0 Å². The predicted molar refractivity (Wildman–Crippen MR) is 93.7 cm³/mol. The zero-order valence-corrected chi connectivity index (χ0v) is 13.7. The summed E-state index contributed by atoms with van der Waals surface area (Å²) in [5, 5.41) is 20.0. The normalized spacial score (nSPS) is 18.2. The van der Waals surface area contributed by atoms with Crippen LogP contribution >= 0.6 is 0 Å². The summed E-state index contributed by atoms with van der Waals surface area (Å²) < 4.78 is 0. The molecule has 0 aliphatic carbocycles. The van der Waals surface area contributed by atoms with Crippen molar-refractivity contribution in [2.75, 3.05) is 30.3 Å². The van der Waals surface area contributed by atoms with E-state index in [2.05, 4.69) is 37.5 Å². The minimum atomic E-state index is 0.369. The molecule has 124 valence electrons. The molecule has 0 bridgehead atoms. The average Bonchev–Trinajstić information content (AvgIpc) is 2.96. The van der Waals surface area contributed by atoms with Gasteiger partial charge in [-0.15, -0.1) is 10.2 Å². The quantitative estimate of drug-likeness (QED) is 0.647. The molecule has 1 fully saturated rings. The molecule has 1 saturated heterocycles. The Morgan fingerprint density at radius 3 is 3.00 bits per heavy atom. The van der Waals surface area contributed by atoms with Gasteiger partial charge < -0.3 is 16.0 Å². The summed E-state index contributed by atoms with van der Waals surface area (Å²) in [5.41, 5.74) is 8.88. The Balaban J connectivity index is 1.74. The number of benzene rings is 1. The molecule has 4 rings (SSSR count). The van der Waals surface area contributed by atoms with Gasteiger partial charge in [-0.2, -0.15) is 5.10 Å². The van der Waals surface area contributed by atoms with Gasteiger partial charge in [-0.1, -0.05) is 0 Å². The number of piperazine rings is 1. The molecule has 4 N–H and O–H groups in total. The van der Waals surface area contributed by atoms with Crippen molar-refractivity contribution in [3.8, 4) is 11.4 Å². The maximum Gasteiger partial charge on any atom is 0.189 e. The number of H-pyrrole nitrogens is 1. The number of aryl methyl sites for hydroxylation is 1. The monoisotopic (exact) mass is 324 g/mol. The van der Waals surface area contributed by atoms with Crippen LogP contribution in [0.5, 0.6) is 0 Å². The number of nitrogens with zero attached hydrogens (tertiary/aromatic N) is 5. The number of aromatic amines is 1.